The third-order valence-corrected chi connectivity index (χ3v) is 4.37. The van der Waals surface area contributed by atoms with Crippen LogP contribution in [0.25, 0.3) is 0 Å². The average Bonchev–Trinajstić information content (AvgIpc) is 3.14. The van der Waals surface area contributed by atoms with Crippen LogP contribution in [0, 0.1) is 0 Å². The standard InChI is InChI=1S/C13H21F2N3O.2ClH/c14-13(15)7-11(16-8-13)12(19)17-9-3-5-18(6-4-9)10-1-2-10;;/h9-11,16H,1-8H2,(H,17,19);2*1H. The van der Waals surface area contributed by atoms with Crippen molar-refractivity contribution in [3.63, 3.8) is 0 Å². The molecule has 0 radical (unpaired) electrons. The van der Waals surface area contributed by atoms with Gasteiger partial charge in [0.15, 0.2) is 0 Å². The molecule has 1 atom stereocenters. The van der Waals surface area contributed by atoms with E-state index in [2.05, 4.69) is 15.5 Å². The van der Waals surface area contributed by atoms with Crippen LogP contribution >= 0.6 is 24.8 Å². The Morgan fingerprint density at radius 2 is 1.76 bits per heavy atom. The maximum absolute atomic E-state index is 13.0. The predicted octanol–water partition coefficient (Wildman–Crippen LogP) is 1.57. The molecule has 3 fully saturated rings. The second-order valence-electron chi connectivity index (χ2n) is 6.04. The van der Waals surface area contributed by atoms with Gasteiger partial charge in [-0.15, -0.1) is 24.8 Å². The summed E-state index contributed by atoms with van der Waals surface area (Å²) >= 11 is 0. The molecule has 2 aliphatic heterocycles. The number of rotatable bonds is 3. The lowest BCUT2D eigenvalue weighted by molar-refractivity contribution is -0.124. The molecule has 2 saturated heterocycles. The summed E-state index contributed by atoms with van der Waals surface area (Å²) in [6.07, 6.45) is 4.10. The van der Waals surface area contributed by atoms with Gasteiger partial charge in [-0.1, -0.05) is 0 Å². The van der Waals surface area contributed by atoms with Crippen molar-refractivity contribution in [1.29, 1.82) is 0 Å². The molecule has 8 heteroatoms. The maximum atomic E-state index is 13.0. The topological polar surface area (TPSA) is 44.4 Å². The molecule has 4 nitrogen and oxygen atoms in total. The van der Waals surface area contributed by atoms with Crippen molar-refractivity contribution in [3.05, 3.63) is 0 Å². The van der Waals surface area contributed by atoms with Gasteiger partial charge in [0.2, 0.25) is 5.91 Å². The Hall–Kier alpha value is -0.170. The van der Waals surface area contributed by atoms with Gasteiger partial charge in [0, 0.05) is 31.6 Å². The number of nitrogens with zero attached hydrogens (tertiary/aromatic N) is 1. The monoisotopic (exact) mass is 345 g/mol. The number of nitrogens with one attached hydrogen (secondary N) is 2. The zero-order valence-corrected chi connectivity index (χ0v) is 13.4. The summed E-state index contributed by atoms with van der Waals surface area (Å²) in [5, 5.41) is 5.52. The van der Waals surface area contributed by atoms with Gasteiger partial charge in [0.25, 0.3) is 5.92 Å². The first-order chi connectivity index (χ1) is 9.03. The van der Waals surface area contributed by atoms with E-state index in [1.165, 1.54) is 12.8 Å². The summed E-state index contributed by atoms with van der Waals surface area (Å²) in [5.74, 6) is -3.00. The summed E-state index contributed by atoms with van der Waals surface area (Å²) in [7, 11) is 0. The second-order valence-corrected chi connectivity index (χ2v) is 6.04. The van der Waals surface area contributed by atoms with Gasteiger partial charge in [-0.2, -0.15) is 0 Å². The van der Waals surface area contributed by atoms with Gasteiger partial charge in [-0.25, -0.2) is 8.78 Å². The van der Waals surface area contributed by atoms with E-state index in [9.17, 15) is 13.6 Å². The molecule has 0 aromatic carbocycles. The summed E-state index contributed by atoms with van der Waals surface area (Å²) < 4.78 is 26.1. The van der Waals surface area contributed by atoms with Crippen molar-refractivity contribution in [2.75, 3.05) is 19.6 Å². The quantitative estimate of drug-likeness (QED) is 0.816. The number of hydrogen-bond donors (Lipinski definition) is 2. The van der Waals surface area contributed by atoms with Gasteiger partial charge >= 0.3 is 0 Å². The highest BCUT2D eigenvalue weighted by Gasteiger charge is 2.42. The van der Waals surface area contributed by atoms with E-state index in [-0.39, 0.29) is 49.7 Å². The molecule has 3 aliphatic rings. The first kappa shape index (κ1) is 18.9. The Labute approximate surface area is 136 Å². The molecular formula is C13H23Cl2F2N3O. The molecule has 0 bridgehead atoms. The maximum Gasteiger partial charge on any atom is 0.262 e. The molecule has 0 spiro atoms. The predicted molar refractivity (Wildman–Crippen MR) is 81.6 cm³/mol. The van der Waals surface area contributed by atoms with Gasteiger partial charge in [-0.3, -0.25) is 10.1 Å². The Bertz CT molecular complexity index is 361. The van der Waals surface area contributed by atoms with E-state index in [1.807, 2.05) is 0 Å². The van der Waals surface area contributed by atoms with Crippen LogP contribution in [-0.2, 0) is 4.79 Å². The lowest BCUT2D eigenvalue weighted by atomic mass is 10.0. The minimum Gasteiger partial charge on any atom is -0.352 e. The number of carbonyl (C=O) groups is 1. The Balaban J connectivity index is 0.00000110. The molecule has 124 valence electrons. The van der Waals surface area contributed by atoms with E-state index in [0.29, 0.717) is 0 Å². The molecule has 1 amide bonds. The minimum absolute atomic E-state index is 0. The number of halogens is 4. The first-order valence-corrected chi connectivity index (χ1v) is 7.19. The van der Waals surface area contributed by atoms with Crippen LogP contribution in [-0.4, -0.2) is 54.5 Å². The highest BCUT2D eigenvalue weighted by Crippen LogP contribution is 2.29. The SMILES string of the molecule is Cl.Cl.O=C(NC1CCN(C2CC2)CC1)C1CC(F)(F)CN1. The van der Waals surface area contributed by atoms with Crippen molar-refractivity contribution >= 4 is 30.7 Å². The number of alkyl halides is 2. The summed E-state index contributed by atoms with van der Waals surface area (Å²) in [4.78, 5) is 14.4. The molecule has 1 unspecified atom stereocenters. The number of likely N-dealkylation sites (tertiary alicyclic amines) is 1. The van der Waals surface area contributed by atoms with Crippen LogP contribution in [0.15, 0.2) is 0 Å². The number of carbonyl (C=O) groups excluding carboxylic acids is 1. The Morgan fingerprint density at radius 3 is 2.24 bits per heavy atom. The van der Waals surface area contributed by atoms with Crippen LogP contribution in [0.3, 0.4) is 0 Å². The smallest absolute Gasteiger partial charge is 0.262 e. The average molecular weight is 346 g/mol. The van der Waals surface area contributed by atoms with E-state index in [0.717, 1.165) is 32.0 Å². The van der Waals surface area contributed by atoms with E-state index >= 15 is 0 Å². The van der Waals surface area contributed by atoms with Crippen molar-refractivity contribution in [2.45, 2.75) is 56.2 Å². The normalized spacial score (nSPS) is 29.3. The van der Waals surface area contributed by atoms with Gasteiger partial charge in [0.05, 0.1) is 12.6 Å². The van der Waals surface area contributed by atoms with Gasteiger partial charge in [-0.05, 0) is 25.7 Å². The van der Waals surface area contributed by atoms with E-state index in [1.54, 1.807) is 0 Å². The molecule has 1 saturated carbocycles. The third-order valence-electron chi connectivity index (χ3n) is 4.37. The van der Waals surface area contributed by atoms with Crippen LogP contribution in [0.1, 0.15) is 32.1 Å². The fourth-order valence-electron chi connectivity index (χ4n) is 3.05. The van der Waals surface area contributed by atoms with Crippen molar-refractivity contribution in [3.8, 4) is 0 Å². The Morgan fingerprint density at radius 1 is 1.14 bits per heavy atom. The fourth-order valence-corrected chi connectivity index (χ4v) is 3.05. The first-order valence-electron chi connectivity index (χ1n) is 7.19. The molecular weight excluding hydrogens is 323 g/mol. The number of amides is 1. The van der Waals surface area contributed by atoms with Crippen LogP contribution < -0.4 is 10.6 Å². The van der Waals surface area contributed by atoms with Gasteiger partial charge < -0.3 is 10.2 Å². The van der Waals surface area contributed by atoms with E-state index in [4.69, 9.17) is 0 Å². The molecule has 3 rings (SSSR count). The zero-order valence-electron chi connectivity index (χ0n) is 11.8. The Kier molecular flexibility index (Phi) is 6.65. The highest BCUT2D eigenvalue weighted by atomic mass is 35.5. The summed E-state index contributed by atoms with van der Waals surface area (Å²) in [6, 6.07) is 0.196. The summed E-state index contributed by atoms with van der Waals surface area (Å²) in [5.41, 5.74) is 0. The number of hydrogen-bond acceptors (Lipinski definition) is 3. The van der Waals surface area contributed by atoms with Crippen molar-refractivity contribution in [1.82, 2.24) is 15.5 Å². The molecule has 0 aromatic heterocycles. The fraction of sp³-hybridized carbons (Fsp3) is 0.923. The molecule has 2 heterocycles. The molecule has 0 aromatic rings. The number of piperidine rings is 1. The molecule has 1 aliphatic carbocycles. The van der Waals surface area contributed by atoms with E-state index < -0.39 is 12.0 Å². The van der Waals surface area contributed by atoms with Crippen molar-refractivity contribution in [2.24, 2.45) is 0 Å². The lowest BCUT2D eigenvalue weighted by Crippen LogP contribution is -2.49. The molecule has 2 N–H and O–H groups in total. The van der Waals surface area contributed by atoms with Gasteiger partial charge in [0.1, 0.15) is 0 Å². The van der Waals surface area contributed by atoms with Crippen LogP contribution in [0.4, 0.5) is 8.78 Å². The molecule has 21 heavy (non-hydrogen) atoms. The third kappa shape index (κ3) is 4.91. The minimum atomic E-state index is -2.74. The zero-order chi connectivity index (χ0) is 13.5. The lowest BCUT2D eigenvalue weighted by Gasteiger charge is -2.32. The van der Waals surface area contributed by atoms with Crippen molar-refractivity contribution < 1.29 is 13.6 Å². The largest absolute Gasteiger partial charge is 0.352 e. The highest BCUT2D eigenvalue weighted by molar-refractivity contribution is 5.85. The van der Waals surface area contributed by atoms with Crippen LogP contribution in [0.2, 0.25) is 0 Å². The summed E-state index contributed by atoms with van der Waals surface area (Å²) in [6.45, 7) is 1.65. The van der Waals surface area contributed by atoms with Crippen LogP contribution in [0.5, 0.6) is 0 Å². The second kappa shape index (κ2) is 7.40.